The normalized spacial score (nSPS) is 15.4. The fourth-order valence-corrected chi connectivity index (χ4v) is 4.11. The average Bonchev–Trinajstić information content (AvgIpc) is 3.23. The van der Waals surface area contributed by atoms with Gasteiger partial charge in [-0.3, -0.25) is 14.5 Å². The number of aromatic nitrogens is 2. The van der Waals surface area contributed by atoms with E-state index in [1.54, 1.807) is 31.3 Å². The fraction of sp³-hybridized carbons (Fsp3) is 0.375. The van der Waals surface area contributed by atoms with Crippen molar-refractivity contribution in [3.63, 3.8) is 0 Å². The third-order valence-electron chi connectivity index (χ3n) is 5.98. The van der Waals surface area contributed by atoms with Crippen LogP contribution in [0.2, 0.25) is 0 Å². The number of carbonyl (C=O) groups excluding carboxylic acids is 2. The molecule has 1 amide bonds. The third kappa shape index (κ3) is 5.22. The molecule has 1 N–H and O–H groups in total. The lowest BCUT2D eigenvalue weighted by Gasteiger charge is -2.32. The van der Waals surface area contributed by atoms with Gasteiger partial charge in [-0.05, 0) is 49.2 Å². The molecule has 180 valence electrons. The molecule has 0 atom stereocenters. The molecule has 1 aromatic carbocycles. The Hall–Kier alpha value is -3.40. The second-order valence-corrected chi connectivity index (χ2v) is 8.68. The first-order valence-corrected chi connectivity index (χ1v) is 11.0. The highest BCUT2D eigenvalue weighted by Gasteiger charge is 2.39. The second kappa shape index (κ2) is 9.46. The van der Waals surface area contributed by atoms with Crippen molar-refractivity contribution in [2.45, 2.75) is 25.1 Å². The van der Waals surface area contributed by atoms with Gasteiger partial charge >= 0.3 is 6.18 Å². The minimum absolute atomic E-state index is 0.0546. The summed E-state index contributed by atoms with van der Waals surface area (Å²) in [6.45, 7) is 0.277. The van der Waals surface area contributed by atoms with Crippen LogP contribution in [0.5, 0.6) is 0 Å². The van der Waals surface area contributed by atoms with Crippen LogP contribution < -0.4 is 5.32 Å². The summed E-state index contributed by atoms with van der Waals surface area (Å²) in [5.41, 5.74) is 2.38. The van der Waals surface area contributed by atoms with Crippen molar-refractivity contribution in [1.29, 1.82) is 0 Å². The number of carbonyl (C=O) groups is 2. The number of pyridine rings is 1. The predicted molar refractivity (Wildman–Crippen MR) is 123 cm³/mol. The molecule has 3 heterocycles. The zero-order valence-electron chi connectivity index (χ0n) is 19.0. The summed E-state index contributed by atoms with van der Waals surface area (Å²) < 4.78 is 39.3. The number of likely N-dealkylation sites (tertiary alicyclic amines) is 1. The Morgan fingerprint density at radius 1 is 1.12 bits per heavy atom. The molecule has 1 aliphatic heterocycles. The SMILES string of the molecule is CN(C)C(=O)c1ccc2c(ccn2-c2ccc(NC3CCN(CC(=O)C(F)(F)F)CC3)cn2)c1. The summed E-state index contributed by atoms with van der Waals surface area (Å²) in [6, 6.07) is 11.4. The van der Waals surface area contributed by atoms with Gasteiger partial charge in [0.25, 0.3) is 5.91 Å². The number of halogens is 3. The van der Waals surface area contributed by atoms with Gasteiger partial charge in [0.1, 0.15) is 5.82 Å². The molecule has 7 nitrogen and oxygen atoms in total. The maximum Gasteiger partial charge on any atom is 0.451 e. The van der Waals surface area contributed by atoms with Crippen LogP contribution in [-0.4, -0.2) is 77.0 Å². The molecule has 1 fully saturated rings. The van der Waals surface area contributed by atoms with E-state index in [4.69, 9.17) is 0 Å². The van der Waals surface area contributed by atoms with Crippen LogP contribution in [0.4, 0.5) is 18.9 Å². The second-order valence-electron chi connectivity index (χ2n) is 8.68. The van der Waals surface area contributed by atoms with Crippen molar-refractivity contribution in [1.82, 2.24) is 19.4 Å². The first-order chi connectivity index (χ1) is 16.1. The molecule has 0 saturated carbocycles. The van der Waals surface area contributed by atoms with E-state index in [0.717, 1.165) is 22.4 Å². The van der Waals surface area contributed by atoms with Crippen molar-refractivity contribution >= 4 is 28.3 Å². The van der Waals surface area contributed by atoms with Gasteiger partial charge in [0.15, 0.2) is 0 Å². The summed E-state index contributed by atoms with van der Waals surface area (Å²) in [5.74, 6) is -1.02. The minimum atomic E-state index is -4.78. The zero-order valence-corrected chi connectivity index (χ0v) is 19.0. The molecule has 0 aliphatic carbocycles. The number of rotatable bonds is 6. The number of piperidine rings is 1. The van der Waals surface area contributed by atoms with Crippen molar-refractivity contribution in [2.75, 3.05) is 39.0 Å². The Morgan fingerprint density at radius 2 is 1.85 bits per heavy atom. The van der Waals surface area contributed by atoms with E-state index in [9.17, 15) is 22.8 Å². The largest absolute Gasteiger partial charge is 0.451 e. The Bertz CT molecular complexity index is 1180. The monoisotopic (exact) mass is 473 g/mol. The quantitative estimate of drug-likeness (QED) is 0.591. The molecular weight excluding hydrogens is 447 g/mol. The van der Waals surface area contributed by atoms with Crippen LogP contribution in [0.1, 0.15) is 23.2 Å². The zero-order chi connectivity index (χ0) is 24.5. The lowest BCUT2D eigenvalue weighted by Crippen LogP contribution is -2.44. The molecule has 34 heavy (non-hydrogen) atoms. The van der Waals surface area contributed by atoms with Gasteiger partial charge in [0.2, 0.25) is 5.78 Å². The van der Waals surface area contributed by atoms with Crippen molar-refractivity contribution < 1.29 is 22.8 Å². The molecule has 0 unspecified atom stereocenters. The molecule has 2 aromatic heterocycles. The van der Waals surface area contributed by atoms with Crippen molar-refractivity contribution in [3.8, 4) is 5.82 Å². The third-order valence-corrected chi connectivity index (χ3v) is 5.98. The molecule has 0 radical (unpaired) electrons. The lowest BCUT2D eigenvalue weighted by molar-refractivity contribution is -0.172. The molecule has 4 rings (SSSR count). The molecule has 10 heteroatoms. The van der Waals surface area contributed by atoms with Gasteiger partial charge in [0, 0.05) is 50.4 Å². The van der Waals surface area contributed by atoms with Gasteiger partial charge in [-0.1, -0.05) is 0 Å². The Labute approximate surface area is 195 Å². The van der Waals surface area contributed by atoms with Crippen LogP contribution in [0.25, 0.3) is 16.7 Å². The molecule has 1 aliphatic rings. The number of hydrogen-bond acceptors (Lipinski definition) is 5. The number of fused-ring (bicyclic) bond motifs is 1. The van der Waals surface area contributed by atoms with Crippen LogP contribution in [0.15, 0.2) is 48.8 Å². The number of nitrogens with zero attached hydrogens (tertiary/aromatic N) is 4. The minimum Gasteiger partial charge on any atom is -0.381 e. The number of anilines is 1. The Kier molecular flexibility index (Phi) is 6.60. The smallest absolute Gasteiger partial charge is 0.381 e. The maximum absolute atomic E-state index is 12.5. The number of ketones is 1. The van der Waals surface area contributed by atoms with Crippen molar-refractivity contribution in [3.05, 3.63) is 54.4 Å². The standard InChI is InChI=1S/C24H26F3N5O2/c1-30(2)23(34)17-3-5-20-16(13-17)7-12-32(20)22-6-4-19(14-28-22)29-18-8-10-31(11-9-18)15-21(33)24(25,26)27/h3-7,12-14,18,29H,8-11,15H2,1-2H3. The van der Waals surface area contributed by atoms with Crippen LogP contribution in [0.3, 0.4) is 0 Å². The summed E-state index contributed by atoms with van der Waals surface area (Å²) in [5, 5.41) is 4.31. The highest BCUT2D eigenvalue weighted by atomic mass is 19.4. The van der Waals surface area contributed by atoms with Crippen LogP contribution in [-0.2, 0) is 4.79 Å². The summed E-state index contributed by atoms with van der Waals surface area (Å²) in [7, 11) is 3.44. The number of hydrogen-bond donors (Lipinski definition) is 1. The Balaban J connectivity index is 1.37. The summed E-state index contributed by atoms with van der Waals surface area (Å²) in [4.78, 5) is 31.0. The Morgan fingerprint density at radius 3 is 2.47 bits per heavy atom. The lowest BCUT2D eigenvalue weighted by atomic mass is 10.0. The molecule has 1 saturated heterocycles. The average molecular weight is 473 g/mol. The number of alkyl halides is 3. The molecule has 0 bridgehead atoms. The van der Waals surface area contributed by atoms with Crippen LogP contribution >= 0.6 is 0 Å². The topological polar surface area (TPSA) is 70.5 Å². The van der Waals surface area contributed by atoms with E-state index in [1.807, 2.05) is 41.1 Å². The van der Waals surface area contributed by atoms with Gasteiger partial charge in [-0.15, -0.1) is 0 Å². The molecule has 3 aromatic rings. The van der Waals surface area contributed by atoms with Gasteiger partial charge in [-0.2, -0.15) is 13.2 Å². The fourth-order valence-electron chi connectivity index (χ4n) is 4.11. The highest BCUT2D eigenvalue weighted by Crippen LogP contribution is 2.23. The van der Waals surface area contributed by atoms with Crippen LogP contribution in [0, 0.1) is 0 Å². The number of amides is 1. The summed E-state index contributed by atoms with van der Waals surface area (Å²) >= 11 is 0. The van der Waals surface area contributed by atoms with E-state index in [1.165, 1.54) is 4.90 Å². The van der Waals surface area contributed by atoms with Gasteiger partial charge in [0.05, 0.1) is 23.9 Å². The molecule has 0 spiro atoms. The predicted octanol–water partition coefficient (Wildman–Crippen LogP) is 3.74. The first kappa shape index (κ1) is 23.7. The van der Waals surface area contributed by atoms with Gasteiger partial charge in [-0.25, -0.2) is 4.98 Å². The van der Waals surface area contributed by atoms with E-state index >= 15 is 0 Å². The van der Waals surface area contributed by atoms with E-state index in [-0.39, 0.29) is 11.9 Å². The number of Topliss-reactive ketones (excluding diaryl/α,β-unsaturated/α-hetero) is 1. The highest BCUT2D eigenvalue weighted by molar-refractivity contribution is 5.98. The van der Waals surface area contributed by atoms with Crippen molar-refractivity contribution in [2.24, 2.45) is 0 Å². The number of nitrogens with one attached hydrogen (secondary N) is 1. The molecular formula is C24H26F3N5O2. The van der Waals surface area contributed by atoms with E-state index in [2.05, 4.69) is 10.3 Å². The maximum atomic E-state index is 12.5. The summed E-state index contributed by atoms with van der Waals surface area (Å²) in [6.07, 6.45) is 0.137. The number of benzene rings is 1. The van der Waals surface area contributed by atoms with E-state index in [0.29, 0.717) is 31.5 Å². The van der Waals surface area contributed by atoms with E-state index < -0.39 is 18.5 Å². The first-order valence-electron chi connectivity index (χ1n) is 11.0. The van der Waals surface area contributed by atoms with Gasteiger partial charge < -0.3 is 14.8 Å².